The van der Waals surface area contributed by atoms with Crippen LogP contribution < -0.4 is 5.32 Å². The molecule has 0 radical (unpaired) electrons. The van der Waals surface area contributed by atoms with E-state index in [2.05, 4.69) is 54.8 Å². The topological polar surface area (TPSA) is 204 Å². The number of hydrogen-bond donors (Lipinski definition) is 1. The molecule has 1 N–H and O–H groups in total. The van der Waals surface area contributed by atoms with Crippen molar-refractivity contribution in [3.63, 3.8) is 0 Å². The number of likely N-dealkylation sites (tertiary alicyclic amines) is 3. The number of nitrogens with zero attached hydrogens (tertiary/aromatic N) is 15. The highest BCUT2D eigenvalue weighted by Gasteiger charge is 2.44. The summed E-state index contributed by atoms with van der Waals surface area (Å²) in [6.45, 7) is 5.90. The van der Waals surface area contributed by atoms with Crippen LogP contribution in [0.1, 0.15) is 46.0 Å². The van der Waals surface area contributed by atoms with Crippen molar-refractivity contribution in [2.24, 2.45) is 0 Å². The van der Waals surface area contributed by atoms with Crippen LogP contribution in [-0.2, 0) is 34.0 Å². The van der Waals surface area contributed by atoms with Gasteiger partial charge in [-0.25, -0.2) is 18.4 Å². The van der Waals surface area contributed by atoms with Crippen molar-refractivity contribution in [2.75, 3.05) is 33.2 Å². The van der Waals surface area contributed by atoms with Gasteiger partial charge in [0.2, 0.25) is 17.7 Å². The van der Waals surface area contributed by atoms with Crippen LogP contribution in [0.4, 0.5) is 4.39 Å². The van der Waals surface area contributed by atoms with Crippen LogP contribution >= 0.6 is 34.8 Å². The lowest BCUT2D eigenvalue weighted by Gasteiger charge is -2.39. The zero-order valence-corrected chi connectivity index (χ0v) is 55.2. The second kappa shape index (κ2) is 26.7. The second-order valence-corrected chi connectivity index (χ2v) is 26.5. The Morgan fingerprint density at radius 1 is 0.469 bits per heavy atom. The van der Waals surface area contributed by atoms with E-state index in [1.807, 2.05) is 187 Å². The SMILES string of the molecule is CC1(F)CCN(C(=O)Cn2nc(-c3ccccc3)c3c(Cl)c(-c4ccccc4)nnc32)C1.CC1(NC(=O)Cn2nc(-c3ccccc3)c3c(Cl)c(-c4ccccc4)nnc32)CCC1.CN1C[C@H]2C[C@@H]1CN2C(=O)Cn1nc(-c2ccccc2)c2c(Cl)c(-c3ccccc3)nnc21. The fourth-order valence-electron chi connectivity index (χ4n) is 13.2. The number of amides is 3. The number of fused-ring (bicyclic) bond motifs is 5. The van der Waals surface area contributed by atoms with Crippen molar-refractivity contribution in [2.45, 2.75) is 88.9 Å². The van der Waals surface area contributed by atoms with Gasteiger partial charge in [-0.1, -0.05) is 217 Å². The van der Waals surface area contributed by atoms with Gasteiger partial charge in [-0.2, -0.15) is 15.3 Å². The van der Waals surface area contributed by atoms with Crippen molar-refractivity contribution in [1.29, 1.82) is 0 Å². The number of carbonyl (C=O) groups is 3. The van der Waals surface area contributed by atoms with E-state index in [0.29, 0.717) is 101 Å². The third-order valence-corrected chi connectivity index (χ3v) is 19.6. The molecule has 96 heavy (non-hydrogen) atoms. The molecule has 1 aliphatic carbocycles. The first-order valence-corrected chi connectivity index (χ1v) is 33.1. The Balaban J connectivity index is 0.000000124. The summed E-state index contributed by atoms with van der Waals surface area (Å²) in [6.07, 6.45) is 4.52. The lowest BCUT2D eigenvalue weighted by molar-refractivity contribution is -0.134. The molecule has 0 spiro atoms. The maximum atomic E-state index is 14.2. The Kier molecular flexibility index (Phi) is 17.7. The van der Waals surface area contributed by atoms with E-state index < -0.39 is 5.67 Å². The van der Waals surface area contributed by atoms with Crippen LogP contribution in [0.3, 0.4) is 0 Å². The van der Waals surface area contributed by atoms with Crippen LogP contribution in [0.15, 0.2) is 182 Å². The molecule has 3 aliphatic heterocycles. The summed E-state index contributed by atoms with van der Waals surface area (Å²) in [7, 11) is 2.13. The first kappa shape index (κ1) is 63.5. The Bertz CT molecular complexity index is 4850. The van der Waals surface area contributed by atoms with E-state index in [1.165, 1.54) is 16.5 Å². The highest BCUT2D eigenvalue weighted by Crippen LogP contribution is 2.42. The minimum Gasteiger partial charge on any atom is -0.349 e. The average Bonchev–Trinajstić information content (AvgIpc) is 1.60. The fraction of sp³-hybridized carbons (Fsp3) is 0.260. The average molecular weight is 1340 g/mol. The zero-order valence-electron chi connectivity index (χ0n) is 52.9. The molecule has 1 unspecified atom stereocenters. The Morgan fingerprint density at radius 2 is 0.823 bits per heavy atom. The zero-order chi connectivity index (χ0) is 66.2. The minimum atomic E-state index is -1.36. The van der Waals surface area contributed by atoms with Gasteiger partial charge in [0.25, 0.3) is 0 Å². The van der Waals surface area contributed by atoms with Gasteiger partial charge in [0, 0.05) is 77.1 Å². The minimum absolute atomic E-state index is 0.0599. The van der Waals surface area contributed by atoms with Gasteiger partial charge >= 0.3 is 0 Å². The molecule has 12 aromatic rings. The smallest absolute Gasteiger partial charge is 0.244 e. The molecule has 19 nitrogen and oxygen atoms in total. The lowest BCUT2D eigenvalue weighted by Crippen LogP contribution is -2.51. The van der Waals surface area contributed by atoms with E-state index in [-0.39, 0.29) is 55.5 Å². The lowest BCUT2D eigenvalue weighted by atomic mass is 9.78. The predicted octanol–water partition coefficient (Wildman–Crippen LogP) is 13.4. The van der Waals surface area contributed by atoms with Crippen molar-refractivity contribution < 1.29 is 18.8 Å². The van der Waals surface area contributed by atoms with Gasteiger partial charge in [0.1, 0.15) is 59.5 Å². The number of hydrogen-bond acceptors (Lipinski definition) is 13. The summed E-state index contributed by atoms with van der Waals surface area (Å²) in [5, 5.41) is 47.3. The number of piperazine rings is 1. The Hall–Kier alpha value is -9.86. The molecule has 9 heterocycles. The van der Waals surface area contributed by atoms with E-state index in [0.717, 1.165) is 72.2 Å². The van der Waals surface area contributed by atoms with Crippen LogP contribution in [0.2, 0.25) is 15.1 Å². The van der Waals surface area contributed by atoms with Gasteiger partial charge in [0.15, 0.2) is 16.9 Å². The number of nitrogens with one attached hydrogen (secondary N) is 1. The third kappa shape index (κ3) is 12.8. The van der Waals surface area contributed by atoms with Gasteiger partial charge in [-0.15, -0.1) is 30.6 Å². The third-order valence-electron chi connectivity index (χ3n) is 18.4. The number of rotatable bonds is 13. The van der Waals surface area contributed by atoms with Gasteiger partial charge in [-0.05, 0) is 46.6 Å². The van der Waals surface area contributed by atoms with E-state index >= 15 is 0 Å². The van der Waals surface area contributed by atoms with Gasteiger partial charge in [0.05, 0.1) is 37.8 Å². The first-order valence-electron chi connectivity index (χ1n) is 31.9. The van der Waals surface area contributed by atoms with Crippen LogP contribution in [0, 0.1) is 0 Å². The molecule has 3 amide bonds. The summed E-state index contributed by atoms with van der Waals surface area (Å²) in [6, 6.07) is 59.0. The highest BCUT2D eigenvalue weighted by molar-refractivity contribution is 6.40. The molecule has 6 aromatic heterocycles. The maximum Gasteiger partial charge on any atom is 0.244 e. The maximum absolute atomic E-state index is 14.2. The Labute approximate surface area is 567 Å². The molecular weight excluding hydrogens is 1270 g/mol. The van der Waals surface area contributed by atoms with E-state index in [4.69, 9.17) is 50.1 Å². The molecule has 3 saturated heterocycles. The number of benzene rings is 6. The van der Waals surface area contributed by atoms with Crippen molar-refractivity contribution in [1.82, 2.24) is 80.0 Å². The molecular formula is C73H66Cl3FN16O3. The van der Waals surface area contributed by atoms with Gasteiger partial charge < -0.3 is 15.1 Å². The highest BCUT2D eigenvalue weighted by atomic mass is 35.5. The second-order valence-electron chi connectivity index (χ2n) is 25.4. The summed E-state index contributed by atoms with van der Waals surface area (Å²) in [4.78, 5) is 44.7. The molecule has 4 aliphatic rings. The number of aromatic nitrogens is 12. The monoisotopic (exact) mass is 1340 g/mol. The Morgan fingerprint density at radius 3 is 1.14 bits per heavy atom. The summed E-state index contributed by atoms with van der Waals surface area (Å²) in [5.41, 5.74) is 9.03. The molecule has 2 bridgehead atoms. The van der Waals surface area contributed by atoms with E-state index in [1.54, 1.807) is 9.36 Å². The number of likely N-dealkylation sites (N-methyl/N-ethyl adjacent to an activating group) is 1. The number of alkyl halides is 1. The van der Waals surface area contributed by atoms with Crippen molar-refractivity contribution >= 4 is 85.6 Å². The number of halogens is 4. The van der Waals surface area contributed by atoms with Crippen LogP contribution in [0.5, 0.6) is 0 Å². The largest absolute Gasteiger partial charge is 0.349 e. The fourth-order valence-corrected chi connectivity index (χ4v) is 14.2. The molecule has 23 heteroatoms. The van der Waals surface area contributed by atoms with E-state index in [9.17, 15) is 18.8 Å². The molecule has 16 rings (SSSR count). The van der Waals surface area contributed by atoms with Crippen molar-refractivity contribution in [3.05, 3.63) is 197 Å². The molecule has 6 aromatic carbocycles. The standard InChI is InChI=1S/C25H23ClN6O.C24H21ClFN5O.C24H22ClN5O/c1-30-13-19-12-18(30)14-31(19)20(33)15-32-25-21(23(29-32)16-8-4-2-5-9-16)22(26)24(27-28-25)17-10-6-3-7-11-17;1-24(26)12-13-30(15-24)18(32)14-31-23-19(21(29-31)16-8-4-2-5-9-16)20(25)22(27-28-23)17-10-6-3-7-11-17;1-24(13-8-14-24)26-18(31)15-30-23-19(21(29-30)16-9-4-2-5-10-16)20(25)22(27-28-23)17-11-6-3-7-12-17/h2-11,18-19H,12-15H2,1H3;2-11H,12-15H2,1H3;2-7,9-12H,8,13-15H2,1H3,(H,26,31)/t18-,19-;;/m1../s1. The summed E-state index contributed by atoms with van der Waals surface area (Å²) >= 11 is 20.6. The summed E-state index contributed by atoms with van der Waals surface area (Å²) < 4.78 is 19.0. The van der Waals surface area contributed by atoms with Crippen molar-refractivity contribution in [3.8, 4) is 67.5 Å². The quantitative estimate of drug-likeness (QED) is 0.114. The molecule has 484 valence electrons. The number of carbonyl (C=O) groups excluding carboxylic acids is 3. The normalized spacial score (nSPS) is 17.9. The molecule has 3 atom stereocenters. The van der Waals surface area contributed by atoms with Crippen LogP contribution in [-0.4, -0.2) is 149 Å². The predicted molar refractivity (Wildman–Crippen MR) is 371 cm³/mol. The summed E-state index contributed by atoms with van der Waals surface area (Å²) in [5.74, 6) is -0.235. The first-order chi connectivity index (χ1) is 46.6. The van der Waals surface area contributed by atoms with Gasteiger partial charge in [-0.3, -0.25) is 19.3 Å². The molecule has 1 saturated carbocycles. The molecule has 4 fully saturated rings. The van der Waals surface area contributed by atoms with Crippen LogP contribution in [0.25, 0.3) is 101 Å².